The van der Waals surface area contributed by atoms with Crippen molar-refractivity contribution in [2.24, 2.45) is 0 Å². The number of hydrogen-bond donors (Lipinski definition) is 2. The summed E-state index contributed by atoms with van der Waals surface area (Å²) in [6.07, 6.45) is 3.55. The van der Waals surface area contributed by atoms with Gasteiger partial charge in [-0.05, 0) is 78.4 Å². The summed E-state index contributed by atoms with van der Waals surface area (Å²) < 4.78 is 13.7. The van der Waals surface area contributed by atoms with Crippen LogP contribution >= 0.6 is 11.6 Å². The van der Waals surface area contributed by atoms with E-state index in [0.29, 0.717) is 42.9 Å². The van der Waals surface area contributed by atoms with Crippen LogP contribution in [0, 0.1) is 5.82 Å². The van der Waals surface area contributed by atoms with E-state index in [4.69, 9.17) is 11.6 Å². The van der Waals surface area contributed by atoms with Crippen molar-refractivity contribution in [3.05, 3.63) is 87.8 Å². The smallest absolute Gasteiger partial charge is 0.252 e. The molecule has 3 aromatic rings. The van der Waals surface area contributed by atoms with Crippen LogP contribution < -0.4 is 15.5 Å². The summed E-state index contributed by atoms with van der Waals surface area (Å²) >= 11 is 5.99. The minimum Gasteiger partial charge on any atom is -0.354 e. The third kappa shape index (κ3) is 4.41. The van der Waals surface area contributed by atoms with Crippen molar-refractivity contribution in [1.82, 2.24) is 15.6 Å². The first-order chi connectivity index (χ1) is 16.0. The lowest BCUT2D eigenvalue weighted by molar-refractivity contribution is -0.120. The van der Waals surface area contributed by atoms with Gasteiger partial charge in [-0.15, -0.1) is 0 Å². The molecule has 1 unspecified atom stereocenters. The molecule has 0 radical (unpaired) electrons. The molecule has 1 atom stereocenters. The zero-order chi connectivity index (χ0) is 22.9. The molecule has 0 saturated carbocycles. The summed E-state index contributed by atoms with van der Waals surface area (Å²) in [5.74, 6) is 0.0289. The lowest BCUT2D eigenvalue weighted by Gasteiger charge is -2.20. The Morgan fingerprint density at radius 1 is 1.21 bits per heavy atom. The average Bonchev–Trinajstić information content (AvgIpc) is 3.39. The first-order valence-corrected chi connectivity index (χ1v) is 11.2. The van der Waals surface area contributed by atoms with Gasteiger partial charge in [0.25, 0.3) is 5.91 Å². The quantitative estimate of drug-likeness (QED) is 0.602. The van der Waals surface area contributed by atoms with E-state index in [1.165, 1.54) is 12.1 Å². The number of nitrogens with zero attached hydrogens (tertiary/aromatic N) is 2. The van der Waals surface area contributed by atoms with Gasteiger partial charge in [-0.25, -0.2) is 9.37 Å². The molecule has 6 nitrogen and oxygen atoms in total. The average molecular weight is 465 g/mol. The Labute approximate surface area is 195 Å². The Bertz CT molecular complexity index is 1230. The van der Waals surface area contributed by atoms with E-state index in [2.05, 4.69) is 20.5 Å². The third-order valence-corrected chi connectivity index (χ3v) is 6.26. The van der Waals surface area contributed by atoms with Crippen molar-refractivity contribution in [3.8, 4) is 0 Å². The molecule has 2 aliphatic rings. The zero-order valence-corrected chi connectivity index (χ0v) is 18.5. The molecule has 8 heteroatoms. The van der Waals surface area contributed by atoms with E-state index in [0.717, 1.165) is 28.2 Å². The van der Waals surface area contributed by atoms with Gasteiger partial charge in [0.15, 0.2) is 0 Å². The first-order valence-electron chi connectivity index (χ1n) is 10.9. The molecular formula is C25H22ClFN4O2. The van der Waals surface area contributed by atoms with Crippen LogP contribution in [0.4, 0.5) is 15.9 Å². The zero-order valence-electron chi connectivity index (χ0n) is 17.8. The number of amides is 2. The van der Waals surface area contributed by atoms with E-state index in [-0.39, 0.29) is 17.6 Å². The van der Waals surface area contributed by atoms with Crippen LogP contribution in [0.5, 0.6) is 0 Å². The maximum Gasteiger partial charge on any atom is 0.252 e. The normalized spacial score (nSPS) is 17.1. The van der Waals surface area contributed by atoms with Crippen LogP contribution in [-0.2, 0) is 17.6 Å². The molecule has 3 heterocycles. The van der Waals surface area contributed by atoms with E-state index < -0.39 is 6.04 Å². The second-order valence-corrected chi connectivity index (χ2v) is 8.72. The van der Waals surface area contributed by atoms with E-state index in [9.17, 15) is 14.0 Å². The number of hydrogen-bond acceptors (Lipinski definition) is 4. The number of aromatic nitrogens is 1. The van der Waals surface area contributed by atoms with Crippen LogP contribution in [0.3, 0.4) is 0 Å². The summed E-state index contributed by atoms with van der Waals surface area (Å²) in [7, 11) is 0. The van der Waals surface area contributed by atoms with Crippen LogP contribution in [0.2, 0.25) is 5.02 Å². The minimum absolute atomic E-state index is 0.141. The van der Waals surface area contributed by atoms with Gasteiger partial charge in [-0.3, -0.25) is 9.59 Å². The summed E-state index contributed by atoms with van der Waals surface area (Å²) in [6.45, 7) is 1.26. The van der Waals surface area contributed by atoms with Crippen molar-refractivity contribution < 1.29 is 14.0 Å². The van der Waals surface area contributed by atoms with Crippen LogP contribution in [0.1, 0.15) is 33.5 Å². The number of nitrogens with one attached hydrogen (secondary N) is 2. The maximum absolute atomic E-state index is 13.7. The molecule has 1 fully saturated rings. The predicted molar refractivity (Wildman–Crippen MR) is 124 cm³/mol. The molecule has 2 aliphatic heterocycles. The van der Waals surface area contributed by atoms with Gasteiger partial charge in [-0.2, -0.15) is 0 Å². The van der Waals surface area contributed by atoms with Gasteiger partial charge < -0.3 is 15.5 Å². The minimum atomic E-state index is -0.486. The second kappa shape index (κ2) is 8.83. The van der Waals surface area contributed by atoms with Gasteiger partial charge in [0, 0.05) is 35.6 Å². The number of carbonyl (C=O) groups excluding carboxylic acids is 2. The molecule has 0 spiro atoms. The number of fused-ring (bicyclic) bond motifs is 1. The number of carbonyl (C=O) groups is 2. The van der Waals surface area contributed by atoms with Crippen molar-refractivity contribution in [2.75, 3.05) is 18.0 Å². The number of rotatable bonds is 5. The molecule has 33 heavy (non-hydrogen) atoms. The highest BCUT2D eigenvalue weighted by Crippen LogP contribution is 2.36. The topological polar surface area (TPSA) is 74.3 Å². The Morgan fingerprint density at radius 3 is 2.88 bits per heavy atom. The van der Waals surface area contributed by atoms with Gasteiger partial charge >= 0.3 is 0 Å². The largest absolute Gasteiger partial charge is 0.354 e. The second-order valence-electron chi connectivity index (χ2n) is 8.29. The molecule has 2 aromatic carbocycles. The molecule has 0 aliphatic carbocycles. The molecule has 168 valence electrons. The van der Waals surface area contributed by atoms with Crippen LogP contribution in [0.15, 0.2) is 54.7 Å². The van der Waals surface area contributed by atoms with Gasteiger partial charge in [0.05, 0.1) is 0 Å². The summed E-state index contributed by atoms with van der Waals surface area (Å²) in [5, 5.41) is 5.96. The highest BCUT2D eigenvalue weighted by Gasteiger charge is 2.29. The van der Waals surface area contributed by atoms with Gasteiger partial charge in [-0.1, -0.05) is 17.7 Å². The van der Waals surface area contributed by atoms with Crippen LogP contribution in [-0.4, -0.2) is 35.9 Å². The van der Waals surface area contributed by atoms with Crippen LogP contribution in [0.25, 0.3) is 0 Å². The maximum atomic E-state index is 13.7. The van der Waals surface area contributed by atoms with E-state index in [1.54, 1.807) is 18.3 Å². The fraction of sp³-hybridized carbons (Fsp3) is 0.240. The molecule has 2 N–H and O–H groups in total. The van der Waals surface area contributed by atoms with E-state index >= 15 is 0 Å². The van der Waals surface area contributed by atoms with Crippen molar-refractivity contribution >= 4 is 34.9 Å². The highest BCUT2D eigenvalue weighted by atomic mass is 35.5. The highest BCUT2D eigenvalue weighted by molar-refractivity contribution is 6.30. The molecule has 1 saturated heterocycles. The molecule has 5 rings (SSSR count). The Morgan fingerprint density at radius 2 is 2.09 bits per heavy atom. The third-order valence-electron chi connectivity index (χ3n) is 6.04. The number of halogens is 2. The monoisotopic (exact) mass is 464 g/mol. The molecule has 1 aromatic heterocycles. The number of benzene rings is 2. The van der Waals surface area contributed by atoms with Crippen molar-refractivity contribution in [3.63, 3.8) is 0 Å². The molecule has 0 bridgehead atoms. The Hall–Kier alpha value is -3.45. The van der Waals surface area contributed by atoms with Gasteiger partial charge in [0.1, 0.15) is 17.7 Å². The lowest BCUT2D eigenvalue weighted by Crippen LogP contribution is -2.40. The standard InChI is InChI=1S/C25H22ClFN4O2/c26-17-11-16(12-18(27)14-17)10-15-4-7-28-23(13-15)31-9-6-19-20(2-1-3-22(19)31)24(32)30-21-5-8-29-25(21)33/h1-4,7,11-14,21H,5-6,8-10H2,(H,29,33)(H,30,32). The summed E-state index contributed by atoms with van der Waals surface area (Å²) in [5.41, 5.74) is 4.22. The SMILES string of the molecule is O=C(NC1CCNC1=O)c1cccc2c1CCN2c1cc(Cc2cc(F)cc(Cl)c2)ccn1. The predicted octanol–water partition coefficient (Wildman–Crippen LogP) is 3.78. The molecular weight excluding hydrogens is 443 g/mol. The first kappa shape index (κ1) is 21.4. The van der Waals surface area contributed by atoms with Gasteiger partial charge in [0.2, 0.25) is 5.91 Å². The fourth-order valence-corrected chi connectivity index (χ4v) is 4.76. The summed E-state index contributed by atoms with van der Waals surface area (Å²) in [6, 6.07) is 13.5. The molecule has 2 amide bonds. The van der Waals surface area contributed by atoms with Crippen molar-refractivity contribution in [1.29, 1.82) is 0 Å². The Balaban J connectivity index is 1.38. The van der Waals surface area contributed by atoms with Crippen molar-refractivity contribution in [2.45, 2.75) is 25.3 Å². The van der Waals surface area contributed by atoms with E-state index in [1.807, 2.05) is 24.3 Å². The Kier molecular flexibility index (Phi) is 5.72. The number of anilines is 2. The fourth-order valence-electron chi connectivity index (χ4n) is 4.52. The lowest BCUT2D eigenvalue weighted by atomic mass is 10.0. The summed E-state index contributed by atoms with van der Waals surface area (Å²) in [4.78, 5) is 31.4. The number of pyridine rings is 1.